The number of rotatable bonds is 3. The zero-order valence-corrected chi connectivity index (χ0v) is 13.3. The summed E-state index contributed by atoms with van der Waals surface area (Å²) >= 11 is 13.2. The molecule has 0 bridgehead atoms. The van der Waals surface area contributed by atoms with E-state index in [1.54, 1.807) is 6.07 Å². The van der Waals surface area contributed by atoms with Crippen LogP contribution in [0.25, 0.3) is 0 Å². The Bertz CT molecular complexity index is 557. The van der Waals surface area contributed by atoms with Crippen LogP contribution >= 0.6 is 43.5 Å². The summed E-state index contributed by atoms with van der Waals surface area (Å²) in [7, 11) is 0. The molecule has 0 amide bonds. The standard InChI is InChI=1S/C14H10Br2ClF/c15-10-3-1-2-9(6-10)7-14(17)12-8-11(18)4-5-13(12)16/h1-6,8,14H,7H2. The van der Waals surface area contributed by atoms with E-state index < -0.39 is 0 Å². The first-order chi connectivity index (χ1) is 8.56. The van der Waals surface area contributed by atoms with E-state index in [0.29, 0.717) is 6.42 Å². The monoisotopic (exact) mass is 390 g/mol. The lowest BCUT2D eigenvalue weighted by Crippen LogP contribution is -1.98. The van der Waals surface area contributed by atoms with E-state index in [0.717, 1.165) is 20.1 Å². The summed E-state index contributed by atoms with van der Waals surface area (Å²) in [6.45, 7) is 0. The van der Waals surface area contributed by atoms with E-state index in [2.05, 4.69) is 31.9 Å². The molecule has 0 spiro atoms. The summed E-state index contributed by atoms with van der Waals surface area (Å²) in [5.41, 5.74) is 1.89. The number of hydrogen-bond donors (Lipinski definition) is 0. The van der Waals surface area contributed by atoms with Crippen molar-refractivity contribution in [3.8, 4) is 0 Å². The molecule has 2 rings (SSSR count). The highest BCUT2D eigenvalue weighted by molar-refractivity contribution is 9.10. The first kappa shape index (κ1) is 14.0. The maximum Gasteiger partial charge on any atom is 0.123 e. The highest BCUT2D eigenvalue weighted by Gasteiger charge is 2.13. The maximum atomic E-state index is 13.2. The van der Waals surface area contributed by atoms with Crippen molar-refractivity contribution < 1.29 is 4.39 Å². The Labute approximate surface area is 127 Å². The minimum Gasteiger partial charge on any atom is -0.207 e. The van der Waals surface area contributed by atoms with Crippen molar-refractivity contribution in [3.05, 3.63) is 68.4 Å². The first-order valence-corrected chi connectivity index (χ1v) is 7.42. The minimum atomic E-state index is -0.270. The van der Waals surface area contributed by atoms with E-state index in [4.69, 9.17) is 11.6 Å². The molecular formula is C14H10Br2ClF. The van der Waals surface area contributed by atoms with E-state index in [1.807, 2.05) is 24.3 Å². The summed E-state index contributed by atoms with van der Waals surface area (Å²) in [6.07, 6.45) is 0.656. The number of hydrogen-bond acceptors (Lipinski definition) is 0. The van der Waals surface area contributed by atoms with Gasteiger partial charge in [0.25, 0.3) is 0 Å². The van der Waals surface area contributed by atoms with Gasteiger partial charge in [-0.1, -0.05) is 44.0 Å². The summed E-state index contributed by atoms with van der Waals surface area (Å²) < 4.78 is 15.1. The Morgan fingerprint density at radius 1 is 1.11 bits per heavy atom. The van der Waals surface area contributed by atoms with Gasteiger partial charge in [0.1, 0.15) is 5.82 Å². The largest absolute Gasteiger partial charge is 0.207 e. The fourth-order valence-electron chi connectivity index (χ4n) is 1.74. The van der Waals surface area contributed by atoms with Crippen molar-refractivity contribution in [2.75, 3.05) is 0 Å². The van der Waals surface area contributed by atoms with Gasteiger partial charge in [0.2, 0.25) is 0 Å². The molecule has 94 valence electrons. The molecule has 0 aliphatic carbocycles. The molecule has 0 aliphatic rings. The fourth-order valence-corrected chi connectivity index (χ4v) is 3.20. The predicted octanol–water partition coefficient (Wildman–Crippen LogP) is 5.87. The zero-order valence-electron chi connectivity index (χ0n) is 9.34. The van der Waals surface area contributed by atoms with Crippen LogP contribution in [0, 0.1) is 5.82 Å². The average molecular weight is 392 g/mol. The van der Waals surface area contributed by atoms with Crippen LogP contribution in [0.3, 0.4) is 0 Å². The van der Waals surface area contributed by atoms with Gasteiger partial charge in [-0.2, -0.15) is 0 Å². The summed E-state index contributed by atoms with van der Waals surface area (Å²) in [5, 5.41) is -0.260. The lowest BCUT2D eigenvalue weighted by atomic mass is 10.0. The van der Waals surface area contributed by atoms with Gasteiger partial charge in [0.05, 0.1) is 5.38 Å². The van der Waals surface area contributed by atoms with Crippen LogP contribution in [0.1, 0.15) is 16.5 Å². The first-order valence-electron chi connectivity index (χ1n) is 5.40. The smallest absolute Gasteiger partial charge is 0.123 e. The maximum absolute atomic E-state index is 13.2. The van der Waals surface area contributed by atoms with Crippen molar-refractivity contribution >= 4 is 43.5 Å². The molecular weight excluding hydrogens is 382 g/mol. The van der Waals surface area contributed by atoms with E-state index in [9.17, 15) is 4.39 Å². The Hall–Kier alpha value is -0.380. The van der Waals surface area contributed by atoms with E-state index in [-0.39, 0.29) is 11.2 Å². The Morgan fingerprint density at radius 3 is 2.61 bits per heavy atom. The molecule has 0 saturated carbocycles. The third-order valence-electron chi connectivity index (χ3n) is 2.60. The number of alkyl halides is 1. The molecule has 0 aliphatic heterocycles. The van der Waals surface area contributed by atoms with Crippen molar-refractivity contribution in [1.29, 1.82) is 0 Å². The molecule has 0 radical (unpaired) electrons. The molecule has 0 aromatic heterocycles. The second kappa shape index (κ2) is 6.18. The third kappa shape index (κ3) is 3.56. The van der Waals surface area contributed by atoms with Crippen molar-refractivity contribution in [3.63, 3.8) is 0 Å². The topological polar surface area (TPSA) is 0 Å². The van der Waals surface area contributed by atoms with Gasteiger partial charge in [-0.3, -0.25) is 0 Å². The number of benzene rings is 2. The zero-order chi connectivity index (χ0) is 13.1. The van der Waals surface area contributed by atoms with Crippen molar-refractivity contribution in [2.45, 2.75) is 11.8 Å². The highest BCUT2D eigenvalue weighted by Crippen LogP contribution is 2.32. The second-order valence-corrected chi connectivity index (χ2v) is 6.26. The average Bonchev–Trinajstić information content (AvgIpc) is 2.32. The second-order valence-electron chi connectivity index (χ2n) is 3.97. The van der Waals surface area contributed by atoms with Crippen LogP contribution in [0.4, 0.5) is 4.39 Å². The molecule has 18 heavy (non-hydrogen) atoms. The number of halogens is 4. The van der Waals surface area contributed by atoms with Gasteiger partial charge in [-0.05, 0) is 47.9 Å². The summed E-state index contributed by atoms with van der Waals surface area (Å²) in [4.78, 5) is 0. The molecule has 1 atom stereocenters. The molecule has 0 nitrogen and oxygen atoms in total. The highest BCUT2D eigenvalue weighted by atomic mass is 79.9. The van der Waals surface area contributed by atoms with Gasteiger partial charge in [0, 0.05) is 8.95 Å². The Morgan fingerprint density at radius 2 is 1.89 bits per heavy atom. The summed E-state index contributed by atoms with van der Waals surface area (Å²) in [5.74, 6) is -0.270. The van der Waals surface area contributed by atoms with Crippen LogP contribution in [0.2, 0.25) is 0 Å². The SMILES string of the molecule is Fc1ccc(Br)c(C(Cl)Cc2cccc(Br)c2)c1. The molecule has 4 heteroatoms. The molecule has 1 unspecified atom stereocenters. The van der Waals surface area contributed by atoms with Gasteiger partial charge in [0.15, 0.2) is 0 Å². The Balaban J connectivity index is 2.21. The minimum absolute atomic E-state index is 0.260. The van der Waals surface area contributed by atoms with Crippen molar-refractivity contribution in [2.24, 2.45) is 0 Å². The van der Waals surface area contributed by atoms with Crippen LogP contribution < -0.4 is 0 Å². The molecule has 2 aromatic carbocycles. The fraction of sp³-hybridized carbons (Fsp3) is 0.143. The molecule has 0 N–H and O–H groups in total. The van der Waals surface area contributed by atoms with E-state index >= 15 is 0 Å². The summed E-state index contributed by atoms with van der Waals surface area (Å²) in [6, 6.07) is 12.5. The lowest BCUT2D eigenvalue weighted by Gasteiger charge is -2.12. The van der Waals surface area contributed by atoms with Crippen LogP contribution in [-0.2, 0) is 6.42 Å². The predicted molar refractivity (Wildman–Crippen MR) is 80.5 cm³/mol. The molecule has 0 heterocycles. The van der Waals surface area contributed by atoms with Crippen molar-refractivity contribution in [1.82, 2.24) is 0 Å². The molecule has 0 saturated heterocycles. The van der Waals surface area contributed by atoms with Crippen LogP contribution in [-0.4, -0.2) is 0 Å². The normalized spacial score (nSPS) is 12.4. The van der Waals surface area contributed by atoms with Crippen LogP contribution in [0.15, 0.2) is 51.4 Å². The van der Waals surface area contributed by atoms with Gasteiger partial charge in [-0.25, -0.2) is 4.39 Å². The molecule has 2 aromatic rings. The van der Waals surface area contributed by atoms with Crippen LogP contribution in [0.5, 0.6) is 0 Å². The van der Waals surface area contributed by atoms with Gasteiger partial charge >= 0.3 is 0 Å². The third-order valence-corrected chi connectivity index (χ3v) is 4.20. The van der Waals surface area contributed by atoms with Gasteiger partial charge < -0.3 is 0 Å². The quantitative estimate of drug-likeness (QED) is 0.573. The van der Waals surface area contributed by atoms with Gasteiger partial charge in [-0.15, -0.1) is 11.6 Å². The molecule has 0 fully saturated rings. The Kier molecular flexibility index (Phi) is 4.82. The van der Waals surface area contributed by atoms with E-state index in [1.165, 1.54) is 12.1 Å². The lowest BCUT2D eigenvalue weighted by molar-refractivity contribution is 0.624.